The number of carbonyl (C=O) groups excluding carboxylic acids is 2. The first-order valence-corrected chi connectivity index (χ1v) is 3.16. The van der Waals surface area contributed by atoms with Crippen LogP contribution >= 0.6 is 12.6 Å². The van der Waals surface area contributed by atoms with Crippen molar-refractivity contribution in [3.63, 3.8) is 0 Å². The van der Waals surface area contributed by atoms with Crippen LogP contribution in [0, 0.1) is 0 Å². The smallest absolute Gasteiger partial charge is 0.385 e. The van der Waals surface area contributed by atoms with Crippen LogP contribution in [0.25, 0.3) is 0 Å². The number of esters is 1. The molecule has 1 aliphatic heterocycles. The molecule has 0 bridgehead atoms. The van der Waals surface area contributed by atoms with E-state index in [1.165, 1.54) is 0 Å². The zero-order valence-corrected chi connectivity index (χ0v) is 5.97. The van der Waals surface area contributed by atoms with Gasteiger partial charge < -0.3 is 9.47 Å². The molecule has 1 aliphatic rings. The zero-order valence-electron chi connectivity index (χ0n) is 5.07. The van der Waals surface area contributed by atoms with Crippen molar-refractivity contribution in [2.45, 2.75) is 6.10 Å². The summed E-state index contributed by atoms with van der Waals surface area (Å²) in [7, 11) is 0. The van der Waals surface area contributed by atoms with Gasteiger partial charge in [-0.25, -0.2) is 4.79 Å². The SMILES string of the molecule is O=C(S)C(=O)OCC1CO1. The summed E-state index contributed by atoms with van der Waals surface area (Å²) in [5, 5.41) is -0.874. The lowest BCUT2D eigenvalue weighted by molar-refractivity contribution is -0.150. The second-order valence-electron chi connectivity index (χ2n) is 1.86. The summed E-state index contributed by atoms with van der Waals surface area (Å²) in [5.74, 6) is -0.918. The maximum Gasteiger partial charge on any atom is 0.385 e. The Morgan fingerprint density at radius 2 is 2.30 bits per heavy atom. The van der Waals surface area contributed by atoms with Gasteiger partial charge in [-0.15, -0.1) is 0 Å². The normalized spacial score (nSPS) is 21.9. The van der Waals surface area contributed by atoms with E-state index < -0.39 is 11.1 Å². The predicted octanol–water partition coefficient (Wildman–Crippen LogP) is -0.615. The highest BCUT2D eigenvalue weighted by atomic mass is 32.1. The first-order valence-electron chi connectivity index (χ1n) is 2.72. The minimum atomic E-state index is -0.918. The van der Waals surface area contributed by atoms with Gasteiger partial charge in [0.2, 0.25) is 0 Å². The van der Waals surface area contributed by atoms with E-state index in [1.807, 2.05) is 0 Å². The summed E-state index contributed by atoms with van der Waals surface area (Å²) < 4.78 is 9.16. The molecule has 0 radical (unpaired) electrons. The lowest BCUT2D eigenvalue weighted by Crippen LogP contribution is -2.15. The molecule has 0 aromatic heterocycles. The van der Waals surface area contributed by atoms with Crippen LogP contribution in [-0.2, 0) is 19.1 Å². The van der Waals surface area contributed by atoms with Gasteiger partial charge in [0, 0.05) is 0 Å². The molecule has 4 nitrogen and oxygen atoms in total. The van der Waals surface area contributed by atoms with Crippen LogP contribution in [0.4, 0.5) is 0 Å². The first kappa shape index (κ1) is 7.56. The molecule has 1 saturated heterocycles. The average Bonchev–Trinajstić information content (AvgIpc) is 2.64. The number of thiol groups is 1. The minimum absolute atomic E-state index is 0.00312. The summed E-state index contributed by atoms with van der Waals surface area (Å²) in [4.78, 5) is 20.5. The van der Waals surface area contributed by atoms with Gasteiger partial charge in [0.05, 0.1) is 6.61 Å². The third kappa shape index (κ3) is 2.36. The van der Waals surface area contributed by atoms with E-state index in [2.05, 4.69) is 17.4 Å². The highest BCUT2D eigenvalue weighted by Gasteiger charge is 2.25. The fraction of sp³-hybridized carbons (Fsp3) is 0.600. The molecular formula is C5H6O4S. The molecule has 0 aromatic carbocycles. The third-order valence-corrected chi connectivity index (χ3v) is 1.16. The molecule has 0 spiro atoms. The summed E-state index contributed by atoms with van der Waals surface area (Å²) >= 11 is 3.26. The molecule has 0 amide bonds. The Labute approximate surface area is 62.9 Å². The zero-order chi connectivity index (χ0) is 7.56. The van der Waals surface area contributed by atoms with Crippen molar-refractivity contribution in [1.82, 2.24) is 0 Å². The van der Waals surface area contributed by atoms with Gasteiger partial charge in [0.25, 0.3) is 5.12 Å². The van der Waals surface area contributed by atoms with Crippen molar-refractivity contribution in [2.24, 2.45) is 0 Å². The molecule has 0 aliphatic carbocycles. The lowest BCUT2D eigenvalue weighted by atomic mass is 10.5. The number of ether oxygens (including phenoxy) is 2. The van der Waals surface area contributed by atoms with E-state index in [0.717, 1.165) is 0 Å². The molecule has 1 heterocycles. The molecule has 0 aromatic rings. The average molecular weight is 162 g/mol. The Morgan fingerprint density at radius 3 is 2.70 bits per heavy atom. The van der Waals surface area contributed by atoms with Crippen LogP contribution in [-0.4, -0.2) is 30.4 Å². The van der Waals surface area contributed by atoms with Crippen molar-refractivity contribution < 1.29 is 19.1 Å². The molecule has 10 heavy (non-hydrogen) atoms. The number of carbonyl (C=O) groups is 2. The van der Waals surface area contributed by atoms with Gasteiger partial charge >= 0.3 is 5.97 Å². The van der Waals surface area contributed by atoms with Crippen molar-refractivity contribution in [3.8, 4) is 0 Å². The van der Waals surface area contributed by atoms with Gasteiger partial charge in [0.1, 0.15) is 12.7 Å². The van der Waals surface area contributed by atoms with Crippen LogP contribution in [0.3, 0.4) is 0 Å². The standard InChI is InChI=1S/C5H6O4S/c6-4(5(7)10)9-2-3-1-8-3/h3H,1-2H2,(H,7,10). The van der Waals surface area contributed by atoms with E-state index in [0.29, 0.717) is 6.61 Å². The number of rotatable bonds is 3. The van der Waals surface area contributed by atoms with Gasteiger partial charge in [-0.05, 0) is 0 Å². The summed E-state index contributed by atoms with van der Waals surface area (Å²) in [6, 6.07) is 0. The van der Waals surface area contributed by atoms with E-state index in [4.69, 9.17) is 4.74 Å². The molecule has 1 atom stereocenters. The Morgan fingerprint density at radius 1 is 1.70 bits per heavy atom. The number of epoxide rings is 1. The number of hydrogen-bond donors (Lipinski definition) is 1. The molecule has 0 saturated carbocycles. The van der Waals surface area contributed by atoms with E-state index >= 15 is 0 Å². The molecular weight excluding hydrogens is 156 g/mol. The third-order valence-electron chi connectivity index (χ3n) is 0.977. The largest absolute Gasteiger partial charge is 0.456 e. The maximum absolute atomic E-state index is 10.4. The predicted molar refractivity (Wildman–Crippen MR) is 34.7 cm³/mol. The maximum atomic E-state index is 10.4. The fourth-order valence-corrected chi connectivity index (χ4v) is 0.459. The van der Waals surface area contributed by atoms with E-state index in [9.17, 15) is 9.59 Å². The van der Waals surface area contributed by atoms with Crippen molar-refractivity contribution in [2.75, 3.05) is 13.2 Å². The van der Waals surface area contributed by atoms with Crippen molar-refractivity contribution in [1.29, 1.82) is 0 Å². The molecule has 1 unspecified atom stereocenters. The topological polar surface area (TPSA) is 55.9 Å². The summed E-state index contributed by atoms with van der Waals surface area (Å²) in [5.41, 5.74) is 0. The van der Waals surface area contributed by atoms with Crippen molar-refractivity contribution >= 4 is 23.7 Å². The molecule has 1 fully saturated rings. The van der Waals surface area contributed by atoms with Crippen LogP contribution in [0.15, 0.2) is 0 Å². The van der Waals surface area contributed by atoms with Gasteiger partial charge in [-0.2, -0.15) is 0 Å². The monoisotopic (exact) mass is 162 g/mol. The number of hydrogen-bond acceptors (Lipinski definition) is 4. The van der Waals surface area contributed by atoms with Gasteiger partial charge in [0.15, 0.2) is 0 Å². The van der Waals surface area contributed by atoms with E-state index in [1.54, 1.807) is 0 Å². The second-order valence-corrected chi connectivity index (χ2v) is 2.27. The Hall–Kier alpha value is -0.550. The molecule has 1 rings (SSSR count). The summed E-state index contributed by atoms with van der Waals surface area (Å²) in [6.07, 6.45) is -0.00312. The van der Waals surface area contributed by atoms with Crippen LogP contribution in [0.5, 0.6) is 0 Å². The first-order chi connectivity index (χ1) is 4.70. The van der Waals surface area contributed by atoms with Gasteiger partial charge in [-0.3, -0.25) is 4.79 Å². The minimum Gasteiger partial charge on any atom is -0.456 e. The quantitative estimate of drug-likeness (QED) is 0.260. The summed E-state index contributed by atoms with van der Waals surface area (Å²) in [6.45, 7) is 0.763. The highest BCUT2D eigenvalue weighted by Crippen LogP contribution is 2.08. The molecule has 56 valence electrons. The van der Waals surface area contributed by atoms with E-state index in [-0.39, 0.29) is 12.7 Å². The highest BCUT2D eigenvalue weighted by molar-refractivity contribution is 7.98. The second kappa shape index (κ2) is 3.03. The molecule has 0 N–H and O–H groups in total. The van der Waals surface area contributed by atoms with Crippen molar-refractivity contribution in [3.05, 3.63) is 0 Å². The molecule has 5 heteroatoms. The Balaban J connectivity index is 2.11. The van der Waals surface area contributed by atoms with Crippen LogP contribution in [0.1, 0.15) is 0 Å². The van der Waals surface area contributed by atoms with Crippen LogP contribution in [0.2, 0.25) is 0 Å². The van der Waals surface area contributed by atoms with Crippen LogP contribution < -0.4 is 0 Å². The van der Waals surface area contributed by atoms with Gasteiger partial charge in [-0.1, -0.05) is 12.6 Å². The lowest BCUT2D eigenvalue weighted by Gasteiger charge is -1.95. The Bertz CT molecular complexity index is 163. The Kier molecular flexibility index (Phi) is 2.29. The fourth-order valence-electron chi connectivity index (χ4n) is 0.395.